The summed E-state index contributed by atoms with van der Waals surface area (Å²) in [6.45, 7) is 2.26. The van der Waals surface area contributed by atoms with Crippen LogP contribution in [0.1, 0.15) is 133 Å². The van der Waals surface area contributed by atoms with E-state index >= 15 is 4.39 Å². The highest BCUT2D eigenvalue weighted by Gasteiger charge is 2.34. The molecule has 220 valence electrons. The van der Waals surface area contributed by atoms with Gasteiger partial charge in [0.15, 0.2) is 0 Å². The first-order valence-corrected chi connectivity index (χ1v) is 15.9. The minimum absolute atomic E-state index is 0.0326. The quantitative estimate of drug-likeness (QED) is 0.200. The van der Waals surface area contributed by atoms with Crippen molar-refractivity contribution in [1.29, 1.82) is 0 Å². The molecule has 1 aromatic carbocycles. The van der Waals surface area contributed by atoms with Crippen molar-refractivity contribution < 1.29 is 22.0 Å². The van der Waals surface area contributed by atoms with Gasteiger partial charge in [0.05, 0.1) is 6.08 Å². The molecule has 4 rings (SSSR count). The summed E-state index contributed by atoms with van der Waals surface area (Å²) in [5.74, 6) is 1.53. The van der Waals surface area contributed by atoms with Crippen molar-refractivity contribution in [2.24, 2.45) is 29.6 Å². The van der Waals surface area contributed by atoms with Gasteiger partial charge in [-0.3, -0.25) is 0 Å². The van der Waals surface area contributed by atoms with E-state index in [1.165, 1.54) is 56.9 Å². The molecule has 0 atom stereocenters. The maximum atomic E-state index is 15.0. The fraction of sp³-hybridized carbons (Fsp3) is 0.765. The normalized spacial score (nSPS) is 30.9. The Bertz CT molecular complexity index is 895. The van der Waals surface area contributed by atoms with Crippen LogP contribution in [0.15, 0.2) is 30.1 Å². The summed E-state index contributed by atoms with van der Waals surface area (Å²) in [5, 5.41) is 0. The van der Waals surface area contributed by atoms with Crippen LogP contribution in [0, 0.1) is 35.4 Å². The molecule has 3 aliphatic carbocycles. The van der Waals surface area contributed by atoms with Crippen molar-refractivity contribution in [3.8, 4) is 0 Å². The van der Waals surface area contributed by atoms with Gasteiger partial charge in [0, 0.05) is 5.92 Å². The fourth-order valence-electron chi connectivity index (χ4n) is 7.94. The van der Waals surface area contributed by atoms with Crippen molar-refractivity contribution in [1.82, 2.24) is 0 Å². The molecule has 0 bridgehead atoms. The Morgan fingerprint density at radius 1 is 0.795 bits per heavy atom. The molecular formula is C34H49F5. The summed E-state index contributed by atoms with van der Waals surface area (Å²) in [6.07, 6.45) is 14.7. The highest BCUT2D eigenvalue weighted by atomic mass is 19.4. The third-order valence-electron chi connectivity index (χ3n) is 10.5. The lowest BCUT2D eigenvalue weighted by atomic mass is 9.68. The summed E-state index contributed by atoms with van der Waals surface area (Å²) >= 11 is 0. The van der Waals surface area contributed by atoms with Crippen LogP contribution in [0.25, 0.3) is 0 Å². The molecule has 0 nitrogen and oxygen atoms in total. The van der Waals surface area contributed by atoms with E-state index in [2.05, 4.69) is 13.0 Å². The maximum absolute atomic E-state index is 15.0. The molecule has 0 saturated heterocycles. The number of rotatable bonds is 10. The zero-order chi connectivity index (χ0) is 27.8. The van der Waals surface area contributed by atoms with Crippen molar-refractivity contribution in [2.45, 2.75) is 135 Å². The largest absolute Gasteiger partial charge is 0.412 e. The van der Waals surface area contributed by atoms with E-state index in [1.54, 1.807) is 0 Å². The topological polar surface area (TPSA) is 0 Å². The zero-order valence-corrected chi connectivity index (χ0v) is 23.9. The molecular weight excluding hydrogens is 503 g/mol. The average Bonchev–Trinajstić information content (AvgIpc) is 2.92. The van der Waals surface area contributed by atoms with E-state index in [0.29, 0.717) is 36.5 Å². The smallest absolute Gasteiger partial charge is 0.212 e. The predicted octanol–water partition coefficient (Wildman–Crippen LogP) is 11.6. The first-order valence-electron chi connectivity index (χ1n) is 15.9. The van der Waals surface area contributed by atoms with Gasteiger partial charge >= 0.3 is 6.18 Å². The Hall–Kier alpha value is -1.39. The van der Waals surface area contributed by atoms with Crippen LogP contribution >= 0.6 is 0 Å². The molecule has 0 N–H and O–H groups in total. The molecule has 1 aromatic rings. The van der Waals surface area contributed by atoms with Crippen LogP contribution in [0.4, 0.5) is 22.0 Å². The van der Waals surface area contributed by atoms with Gasteiger partial charge in [-0.05, 0) is 124 Å². The standard InChI is InChI=1S/C34H49F5/c1-2-3-4-5-24-6-13-28(14-7-24)31-21-20-29(32(35)22-31)15-10-25-8-11-26(12-9-25)27-16-18-30(19-17-27)33(36)23-34(37,38)39/h20-28,30H,2-19H2,1H3. The van der Waals surface area contributed by atoms with Gasteiger partial charge in [-0.1, -0.05) is 57.6 Å². The van der Waals surface area contributed by atoms with E-state index < -0.39 is 17.9 Å². The van der Waals surface area contributed by atoms with Gasteiger partial charge in [0.1, 0.15) is 11.6 Å². The number of unbranched alkanes of at least 4 members (excludes halogenated alkanes) is 2. The monoisotopic (exact) mass is 552 g/mol. The average molecular weight is 553 g/mol. The molecule has 0 aliphatic heterocycles. The highest BCUT2D eigenvalue weighted by molar-refractivity contribution is 5.27. The Morgan fingerprint density at radius 2 is 1.38 bits per heavy atom. The Balaban J connectivity index is 1.16. The van der Waals surface area contributed by atoms with Gasteiger partial charge < -0.3 is 0 Å². The van der Waals surface area contributed by atoms with Gasteiger partial charge in [0.25, 0.3) is 0 Å². The van der Waals surface area contributed by atoms with E-state index in [-0.39, 0.29) is 11.9 Å². The second-order valence-corrected chi connectivity index (χ2v) is 13.1. The van der Waals surface area contributed by atoms with Crippen molar-refractivity contribution in [3.05, 3.63) is 47.0 Å². The lowest BCUT2D eigenvalue weighted by molar-refractivity contribution is -0.0821. The number of halogens is 5. The summed E-state index contributed by atoms with van der Waals surface area (Å²) in [4.78, 5) is 0. The van der Waals surface area contributed by atoms with Gasteiger partial charge in [-0.25, -0.2) is 8.78 Å². The van der Waals surface area contributed by atoms with Crippen LogP contribution < -0.4 is 0 Å². The van der Waals surface area contributed by atoms with Crippen LogP contribution in [0.3, 0.4) is 0 Å². The van der Waals surface area contributed by atoms with Crippen molar-refractivity contribution in [3.63, 3.8) is 0 Å². The molecule has 3 saturated carbocycles. The minimum atomic E-state index is -4.57. The van der Waals surface area contributed by atoms with Gasteiger partial charge in [-0.15, -0.1) is 0 Å². The van der Waals surface area contributed by atoms with Crippen molar-refractivity contribution >= 4 is 0 Å². The Labute approximate surface area is 233 Å². The molecule has 0 unspecified atom stereocenters. The van der Waals surface area contributed by atoms with E-state index in [0.717, 1.165) is 62.8 Å². The predicted molar refractivity (Wildman–Crippen MR) is 150 cm³/mol. The van der Waals surface area contributed by atoms with E-state index in [9.17, 15) is 17.6 Å². The third kappa shape index (κ3) is 9.32. The lowest BCUT2D eigenvalue weighted by Crippen LogP contribution is -2.26. The number of hydrogen-bond acceptors (Lipinski definition) is 0. The minimum Gasteiger partial charge on any atom is -0.212 e. The van der Waals surface area contributed by atoms with Crippen LogP contribution in [0.5, 0.6) is 0 Å². The maximum Gasteiger partial charge on any atom is 0.412 e. The Kier molecular flexibility index (Phi) is 11.4. The van der Waals surface area contributed by atoms with E-state index in [4.69, 9.17) is 0 Å². The lowest BCUT2D eigenvalue weighted by Gasteiger charge is -2.37. The Morgan fingerprint density at radius 3 is 1.97 bits per heavy atom. The molecule has 0 aromatic heterocycles. The SMILES string of the molecule is CCCCCC1CCC(c2ccc(CCC3CCC(C4CCC(C(F)=CC(F)(F)F)CC4)CC3)c(F)c2)CC1. The van der Waals surface area contributed by atoms with Crippen LogP contribution in [-0.2, 0) is 6.42 Å². The number of alkyl halides is 3. The first kappa shape index (κ1) is 30.6. The number of benzene rings is 1. The number of hydrogen-bond donors (Lipinski definition) is 0. The molecule has 39 heavy (non-hydrogen) atoms. The molecule has 3 aliphatic rings. The van der Waals surface area contributed by atoms with Crippen LogP contribution in [0.2, 0.25) is 0 Å². The fourth-order valence-corrected chi connectivity index (χ4v) is 7.94. The highest BCUT2D eigenvalue weighted by Crippen LogP contribution is 2.44. The molecule has 0 spiro atoms. The zero-order valence-electron chi connectivity index (χ0n) is 23.9. The summed E-state index contributed by atoms with van der Waals surface area (Å²) in [7, 11) is 0. The van der Waals surface area contributed by atoms with Gasteiger partial charge in [-0.2, -0.15) is 13.2 Å². The molecule has 0 radical (unpaired) electrons. The molecule has 0 heterocycles. The second kappa shape index (κ2) is 14.5. The first-order chi connectivity index (χ1) is 18.7. The van der Waals surface area contributed by atoms with E-state index in [1.807, 2.05) is 12.1 Å². The summed E-state index contributed by atoms with van der Waals surface area (Å²) in [6, 6.07) is 6.03. The second-order valence-electron chi connectivity index (χ2n) is 13.1. The van der Waals surface area contributed by atoms with Gasteiger partial charge in [0.2, 0.25) is 0 Å². The molecule has 3 fully saturated rings. The number of aryl methyl sites for hydroxylation is 1. The van der Waals surface area contributed by atoms with Crippen LogP contribution in [-0.4, -0.2) is 6.18 Å². The summed E-state index contributed by atoms with van der Waals surface area (Å²) < 4.78 is 66.4. The third-order valence-corrected chi connectivity index (χ3v) is 10.5. The summed E-state index contributed by atoms with van der Waals surface area (Å²) in [5.41, 5.74) is 2.04. The van der Waals surface area contributed by atoms with Crippen molar-refractivity contribution in [2.75, 3.05) is 0 Å². The molecule has 0 amide bonds. The molecule has 5 heteroatoms. The number of allylic oxidation sites excluding steroid dienone is 2.